The summed E-state index contributed by atoms with van der Waals surface area (Å²) in [6.45, 7) is 4.12. The molecular formula is C12H16O2. The van der Waals surface area contributed by atoms with Crippen molar-refractivity contribution in [3.8, 4) is 0 Å². The molecule has 0 unspecified atom stereocenters. The third-order valence-electron chi connectivity index (χ3n) is 2.39. The standard InChI is InChI=1S/C12H16O2/c1-3-4-5-10-6-7-11(12(13)14)8-9(10)2/h6-8H,3-5H2,1-2H3,(H,13,14). The topological polar surface area (TPSA) is 37.3 Å². The lowest BCUT2D eigenvalue weighted by Gasteiger charge is -2.05. The Kier molecular flexibility index (Phi) is 3.69. The molecule has 2 heteroatoms. The summed E-state index contributed by atoms with van der Waals surface area (Å²) in [5, 5.41) is 8.78. The van der Waals surface area contributed by atoms with Crippen LogP contribution in [0.4, 0.5) is 0 Å². The van der Waals surface area contributed by atoms with Gasteiger partial charge in [-0.2, -0.15) is 0 Å². The molecule has 0 spiro atoms. The lowest BCUT2D eigenvalue weighted by atomic mass is 10.0. The van der Waals surface area contributed by atoms with Crippen LogP contribution in [0.3, 0.4) is 0 Å². The molecule has 0 aliphatic rings. The van der Waals surface area contributed by atoms with E-state index in [2.05, 4.69) is 6.92 Å². The summed E-state index contributed by atoms with van der Waals surface area (Å²) in [6.07, 6.45) is 3.37. The zero-order valence-corrected chi connectivity index (χ0v) is 8.71. The van der Waals surface area contributed by atoms with E-state index in [4.69, 9.17) is 5.11 Å². The highest BCUT2D eigenvalue weighted by atomic mass is 16.4. The van der Waals surface area contributed by atoms with Crippen LogP contribution >= 0.6 is 0 Å². The molecule has 0 atom stereocenters. The van der Waals surface area contributed by atoms with Crippen LogP contribution in [0, 0.1) is 6.92 Å². The van der Waals surface area contributed by atoms with Crippen molar-refractivity contribution in [3.05, 3.63) is 34.9 Å². The van der Waals surface area contributed by atoms with E-state index in [1.165, 1.54) is 12.0 Å². The zero-order valence-electron chi connectivity index (χ0n) is 8.71. The molecule has 0 amide bonds. The summed E-state index contributed by atoms with van der Waals surface area (Å²) < 4.78 is 0. The first-order valence-corrected chi connectivity index (χ1v) is 4.98. The Balaban J connectivity index is 2.84. The van der Waals surface area contributed by atoms with E-state index in [0.717, 1.165) is 18.4 Å². The maximum atomic E-state index is 10.7. The van der Waals surface area contributed by atoms with Crippen molar-refractivity contribution in [3.63, 3.8) is 0 Å². The largest absolute Gasteiger partial charge is 0.478 e. The molecule has 0 fully saturated rings. The zero-order chi connectivity index (χ0) is 10.6. The molecule has 0 bridgehead atoms. The van der Waals surface area contributed by atoms with Crippen LogP contribution in [-0.4, -0.2) is 11.1 Å². The average molecular weight is 192 g/mol. The molecular weight excluding hydrogens is 176 g/mol. The molecule has 0 saturated heterocycles. The fourth-order valence-electron chi connectivity index (χ4n) is 1.48. The number of carboxylic acid groups (broad SMARTS) is 1. The number of carboxylic acids is 1. The van der Waals surface area contributed by atoms with Crippen LogP contribution in [0.15, 0.2) is 18.2 Å². The number of hydrogen-bond donors (Lipinski definition) is 1. The normalized spacial score (nSPS) is 10.1. The van der Waals surface area contributed by atoms with Crippen LogP contribution in [0.2, 0.25) is 0 Å². The van der Waals surface area contributed by atoms with Crippen LogP contribution < -0.4 is 0 Å². The van der Waals surface area contributed by atoms with Gasteiger partial charge in [0.25, 0.3) is 0 Å². The molecule has 0 saturated carbocycles. The molecule has 1 aromatic carbocycles. The second kappa shape index (κ2) is 4.80. The van der Waals surface area contributed by atoms with Crippen molar-refractivity contribution in [2.24, 2.45) is 0 Å². The first-order chi connectivity index (χ1) is 6.65. The van der Waals surface area contributed by atoms with Crippen molar-refractivity contribution in [2.75, 3.05) is 0 Å². The summed E-state index contributed by atoms with van der Waals surface area (Å²) in [6, 6.07) is 5.35. The Morgan fingerprint density at radius 1 is 1.43 bits per heavy atom. The molecule has 0 heterocycles. The quantitative estimate of drug-likeness (QED) is 0.796. The molecule has 14 heavy (non-hydrogen) atoms. The number of rotatable bonds is 4. The molecule has 0 aliphatic heterocycles. The molecule has 76 valence electrons. The van der Waals surface area contributed by atoms with E-state index in [9.17, 15) is 4.79 Å². The van der Waals surface area contributed by atoms with E-state index in [0.29, 0.717) is 5.56 Å². The van der Waals surface area contributed by atoms with Crippen LogP contribution in [0.25, 0.3) is 0 Å². The van der Waals surface area contributed by atoms with Crippen LogP contribution in [0.5, 0.6) is 0 Å². The summed E-state index contributed by atoms with van der Waals surface area (Å²) in [4.78, 5) is 10.7. The number of hydrogen-bond acceptors (Lipinski definition) is 1. The van der Waals surface area contributed by atoms with E-state index >= 15 is 0 Å². The van der Waals surface area contributed by atoms with E-state index in [1.54, 1.807) is 12.1 Å². The highest BCUT2D eigenvalue weighted by Gasteiger charge is 2.04. The van der Waals surface area contributed by atoms with Crippen molar-refractivity contribution in [1.29, 1.82) is 0 Å². The predicted molar refractivity (Wildman–Crippen MR) is 56.8 cm³/mol. The van der Waals surface area contributed by atoms with Gasteiger partial charge in [-0.25, -0.2) is 4.79 Å². The molecule has 0 radical (unpaired) electrons. The minimum Gasteiger partial charge on any atom is -0.478 e. The second-order valence-electron chi connectivity index (χ2n) is 3.55. The van der Waals surface area contributed by atoms with Gasteiger partial charge < -0.3 is 5.11 Å². The maximum Gasteiger partial charge on any atom is 0.335 e. The van der Waals surface area contributed by atoms with E-state index < -0.39 is 5.97 Å². The molecule has 0 aliphatic carbocycles. The summed E-state index contributed by atoms with van der Waals surface area (Å²) >= 11 is 0. The SMILES string of the molecule is CCCCc1ccc(C(=O)O)cc1C. The fraction of sp³-hybridized carbons (Fsp3) is 0.417. The Labute approximate surface area is 84.6 Å². The van der Waals surface area contributed by atoms with Gasteiger partial charge in [0.05, 0.1) is 5.56 Å². The Morgan fingerprint density at radius 2 is 2.14 bits per heavy atom. The highest BCUT2D eigenvalue weighted by Crippen LogP contribution is 2.13. The van der Waals surface area contributed by atoms with E-state index in [-0.39, 0.29) is 0 Å². The minimum absolute atomic E-state index is 0.378. The third-order valence-corrected chi connectivity index (χ3v) is 2.39. The van der Waals surface area contributed by atoms with E-state index in [1.807, 2.05) is 13.0 Å². The van der Waals surface area contributed by atoms with Gasteiger partial charge in [0.2, 0.25) is 0 Å². The van der Waals surface area contributed by atoms with Crippen molar-refractivity contribution < 1.29 is 9.90 Å². The number of aromatic carboxylic acids is 1. The highest BCUT2D eigenvalue weighted by molar-refractivity contribution is 5.87. The van der Waals surface area contributed by atoms with Gasteiger partial charge in [-0.3, -0.25) is 0 Å². The molecule has 1 rings (SSSR count). The summed E-state index contributed by atoms with van der Waals surface area (Å²) in [7, 11) is 0. The number of carbonyl (C=O) groups is 1. The maximum absolute atomic E-state index is 10.7. The van der Waals surface area contributed by atoms with Crippen LogP contribution in [0.1, 0.15) is 41.3 Å². The summed E-state index contributed by atoms with van der Waals surface area (Å²) in [5.74, 6) is -0.852. The first-order valence-electron chi connectivity index (χ1n) is 4.98. The Bertz CT molecular complexity index is 329. The van der Waals surface area contributed by atoms with Crippen molar-refractivity contribution >= 4 is 5.97 Å². The molecule has 1 N–H and O–H groups in total. The minimum atomic E-state index is -0.852. The third kappa shape index (κ3) is 2.59. The van der Waals surface area contributed by atoms with Gasteiger partial charge in [-0.15, -0.1) is 0 Å². The molecule has 1 aromatic rings. The van der Waals surface area contributed by atoms with Crippen LogP contribution in [-0.2, 0) is 6.42 Å². The second-order valence-corrected chi connectivity index (χ2v) is 3.55. The number of unbranched alkanes of at least 4 members (excludes halogenated alkanes) is 1. The first kappa shape index (κ1) is 10.8. The van der Waals surface area contributed by atoms with Gasteiger partial charge in [0.1, 0.15) is 0 Å². The van der Waals surface area contributed by atoms with Gasteiger partial charge in [-0.05, 0) is 43.0 Å². The smallest absolute Gasteiger partial charge is 0.335 e. The van der Waals surface area contributed by atoms with Crippen molar-refractivity contribution in [1.82, 2.24) is 0 Å². The predicted octanol–water partition coefficient (Wildman–Crippen LogP) is 3.04. The van der Waals surface area contributed by atoms with Gasteiger partial charge in [0, 0.05) is 0 Å². The fourth-order valence-corrected chi connectivity index (χ4v) is 1.48. The lowest BCUT2D eigenvalue weighted by molar-refractivity contribution is 0.0697. The van der Waals surface area contributed by atoms with Gasteiger partial charge in [0.15, 0.2) is 0 Å². The lowest BCUT2D eigenvalue weighted by Crippen LogP contribution is -1.98. The summed E-state index contributed by atoms with van der Waals surface area (Å²) in [5.41, 5.74) is 2.72. The van der Waals surface area contributed by atoms with Gasteiger partial charge in [-0.1, -0.05) is 19.4 Å². The number of aryl methyl sites for hydroxylation is 2. The Hall–Kier alpha value is -1.31. The van der Waals surface area contributed by atoms with Gasteiger partial charge >= 0.3 is 5.97 Å². The number of benzene rings is 1. The molecule has 0 aromatic heterocycles. The molecule has 2 nitrogen and oxygen atoms in total. The van der Waals surface area contributed by atoms with Crippen molar-refractivity contribution in [2.45, 2.75) is 33.1 Å². The Morgan fingerprint density at radius 3 is 2.64 bits per heavy atom. The average Bonchev–Trinajstić information content (AvgIpc) is 2.15. The monoisotopic (exact) mass is 192 g/mol.